The Bertz CT molecular complexity index is 876. The Morgan fingerprint density at radius 2 is 2.04 bits per heavy atom. The van der Waals surface area contributed by atoms with Gasteiger partial charge in [0.15, 0.2) is 0 Å². The van der Waals surface area contributed by atoms with E-state index in [-0.39, 0.29) is 17.8 Å². The van der Waals surface area contributed by atoms with Gasteiger partial charge in [-0.25, -0.2) is 4.98 Å². The predicted octanol–water partition coefficient (Wildman–Crippen LogP) is 2.12. The second kappa shape index (κ2) is 5.75. The minimum atomic E-state index is -0.154. The summed E-state index contributed by atoms with van der Waals surface area (Å²) in [5.74, 6) is 0. The van der Waals surface area contributed by atoms with Gasteiger partial charge in [0.1, 0.15) is 6.10 Å². The Balaban J connectivity index is 1.67. The zero-order valence-corrected chi connectivity index (χ0v) is 13.4. The fraction of sp³-hybridized carbons (Fsp3) is 0.312. The second-order valence-electron chi connectivity index (χ2n) is 5.61. The summed E-state index contributed by atoms with van der Waals surface area (Å²) in [5.41, 5.74) is 0.999. The molecule has 0 bridgehead atoms. The molecule has 0 saturated carbocycles. The summed E-state index contributed by atoms with van der Waals surface area (Å²) in [4.78, 5) is 18.8. The highest BCUT2D eigenvalue weighted by Gasteiger charge is 2.28. The summed E-state index contributed by atoms with van der Waals surface area (Å²) in [6.45, 7) is 3.51. The van der Waals surface area contributed by atoms with Crippen LogP contribution in [0.3, 0.4) is 0 Å². The molecule has 0 radical (unpaired) electrons. The van der Waals surface area contributed by atoms with E-state index in [4.69, 9.17) is 4.74 Å². The normalized spacial score (nSPS) is 21.7. The van der Waals surface area contributed by atoms with Crippen molar-refractivity contribution in [2.75, 3.05) is 18.0 Å². The number of fused-ring (bicyclic) bond motifs is 1. The molecule has 1 saturated heterocycles. The Kier molecular flexibility index (Phi) is 3.59. The van der Waals surface area contributed by atoms with E-state index in [1.807, 2.05) is 18.2 Å². The van der Waals surface area contributed by atoms with Gasteiger partial charge in [0.2, 0.25) is 10.1 Å². The highest BCUT2D eigenvalue weighted by atomic mass is 32.1. The number of aromatic nitrogens is 3. The minimum Gasteiger partial charge on any atom is -0.367 e. The van der Waals surface area contributed by atoms with Gasteiger partial charge >= 0.3 is 0 Å². The molecule has 3 aromatic rings. The number of hydrogen-bond donors (Lipinski definition) is 0. The number of benzene rings is 1. The molecule has 7 heteroatoms. The van der Waals surface area contributed by atoms with E-state index in [0.29, 0.717) is 11.5 Å². The molecule has 0 spiro atoms. The number of rotatable bonds is 2. The van der Waals surface area contributed by atoms with E-state index in [0.717, 1.165) is 17.2 Å². The molecule has 2 aromatic heterocycles. The van der Waals surface area contributed by atoms with Crippen molar-refractivity contribution in [1.29, 1.82) is 0 Å². The average Bonchev–Trinajstić information content (AvgIpc) is 3.01. The van der Waals surface area contributed by atoms with Crippen molar-refractivity contribution in [3.8, 4) is 0 Å². The summed E-state index contributed by atoms with van der Waals surface area (Å²) >= 11 is 1.43. The summed E-state index contributed by atoms with van der Waals surface area (Å²) < 4.78 is 7.43. The van der Waals surface area contributed by atoms with Crippen molar-refractivity contribution in [3.05, 3.63) is 58.5 Å². The summed E-state index contributed by atoms with van der Waals surface area (Å²) in [6.07, 6.45) is 1.61. The quantitative estimate of drug-likeness (QED) is 0.721. The number of ether oxygens (including phenoxy) is 1. The van der Waals surface area contributed by atoms with Crippen LogP contribution in [0, 0.1) is 0 Å². The Morgan fingerprint density at radius 3 is 2.83 bits per heavy atom. The van der Waals surface area contributed by atoms with Crippen LogP contribution in [0.4, 0.5) is 5.13 Å². The SMILES string of the molecule is CC1CN(c2nn3c(=O)ccnc3s2)CC(c2ccccc2)O1. The second-order valence-corrected chi connectivity index (χ2v) is 6.55. The zero-order valence-electron chi connectivity index (χ0n) is 12.6. The molecule has 1 aliphatic heterocycles. The summed E-state index contributed by atoms with van der Waals surface area (Å²) in [6, 6.07) is 11.6. The van der Waals surface area contributed by atoms with Gasteiger partial charge in [-0.3, -0.25) is 4.79 Å². The van der Waals surface area contributed by atoms with Gasteiger partial charge in [0.05, 0.1) is 12.6 Å². The molecule has 0 N–H and O–H groups in total. The first-order chi connectivity index (χ1) is 11.2. The molecule has 6 nitrogen and oxygen atoms in total. The fourth-order valence-corrected chi connectivity index (χ4v) is 3.72. The van der Waals surface area contributed by atoms with Crippen LogP contribution in [0.5, 0.6) is 0 Å². The topological polar surface area (TPSA) is 59.7 Å². The van der Waals surface area contributed by atoms with Gasteiger partial charge in [0, 0.05) is 18.8 Å². The molecule has 4 rings (SSSR count). The third kappa shape index (κ3) is 2.73. The summed E-state index contributed by atoms with van der Waals surface area (Å²) in [5, 5.41) is 5.23. The molecule has 2 atom stereocenters. The number of morpholine rings is 1. The van der Waals surface area contributed by atoms with E-state index in [2.05, 4.69) is 34.0 Å². The smallest absolute Gasteiger partial charge is 0.275 e. The Morgan fingerprint density at radius 1 is 1.22 bits per heavy atom. The number of hydrogen-bond acceptors (Lipinski definition) is 6. The third-order valence-corrected chi connectivity index (χ3v) is 4.85. The van der Waals surface area contributed by atoms with E-state index in [1.54, 1.807) is 0 Å². The maximum atomic E-state index is 11.8. The molecule has 1 aromatic carbocycles. The fourth-order valence-electron chi connectivity index (χ4n) is 2.82. The highest BCUT2D eigenvalue weighted by Crippen LogP contribution is 2.30. The van der Waals surface area contributed by atoms with Gasteiger partial charge in [-0.1, -0.05) is 41.7 Å². The van der Waals surface area contributed by atoms with E-state index >= 15 is 0 Å². The number of anilines is 1. The standard InChI is InChI=1S/C16H16N4O2S/c1-11-9-19(10-13(22-11)12-5-3-2-4-6-12)16-18-20-14(21)7-8-17-15(20)23-16/h2-8,11,13H,9-10H2,1H3. The molecule has 0 aliphatic carbocycles. The van der Waals surface area contributed by atoms with Crippen molar-refractivity contribution in [2.45, 2.75) is 19.1 Å². The van der Waals surface area contributed by atoms with Crippen molar-refractivity contribution >= 4 is 21.4 Å². The van der Waals surface area contributed by atoms with Crippen LogP contribution in [0.25, 0.3) is 4.96 Å². The van der Waals surface area contributed by atoms with Crippen molar-refractivity contribution in [3.63, 3.8) is 0 Å². The number of nitrogens with zero attached hydrogens (tertiary/aromatic N) is 4. The molecule has 3 heterocycles. The maximum Gasteiger partial charge on any atom is 0.275 e. The average molecular weight is 328 g/mol. The van der Waals surface area contributed by atoms with Gasteiger partial charge < -0.3 is 9.64 Å². The van der Waals surface area contributed by atoms with Crippen LogP contribution in [-0.4, -0.2) is 33.8 Å². The van der Waals surface area contributed by atoms with Crippen LogP contribution in [0.15, 0.2) is 47.4 Å². The van der Waals surface area contributed by atoms with Crippen LogP contribution in [0.2, 0.25) is 0 Å². The van der Waals surface area contributed by atoms with Crippen molar-refractivity contribution < 1.29 is 4.74 Å². The van der Waals surface area contributed by atoms with Gasteiger partial charge in [-0.05, 0) is 12.5 Å². The maximum absolute atomic E-state index is 11.8. The molecule has 0 amide bonds. The summed E-state index contributed by atoms with van der Waals surface area (Å²) in [7, 11) is 0. The molecule has 1 fully saturated rings. The molecular formula is C16H16N4O2S. The van der Waals surface area contributed by atoms with Crippen LogP contribution in [0.1, 0.15) is 18.6 Å². The lowest BCUT2D eigenvalue weighted by Gasteiger charge is -2.36. The van der Waals surface area contributed by atoms with E-state index < -0.39 is 0 Å². The molecule has 23 heavy (non-hydrogen) atoms. The first-order valence-corrected chi connectivity index (χ1v) is 8.32. The van der Waals surface area contributed by atoms with Crippen LogP contribution < -0.4 is 10.5 Å². The third-order valence-electron chi connectivity index (χ3n) is 3.86. The largest absolute Gasteiger partial charge is 0.367 e. The van der Waals surface area contributed by atoms with Crippen LogP contribution in [-0.2, 0) is 4.74 Å². The Labute approximate surface area is 137 Å². The predicted molar refractivity (Wildman–Crippen MR) is 89.1 cm³/mol. The van der Waals surface area contributed by atoms with Gasteiger partial charge in [0.25, 0.3) is 5.56 Å². The van der Waals surface area contributed by atoms with E-state index in [9.17, 15) is 4.79 Å². The lowest BCUT2D eigenvalue weighted by molar-refractivity contribution is -0.0174. The molecular weight excluding hydrogens is 312 g/mol. The molecule has 118 valence electrons. The lowest BCUT2D eigenvalue weighted by atomic mass is 10.1. The Hall–Kier alpha value is -2.25. The van der Waals surface area contributed by atoms with E-state index in [1.165, 1.54) is 28.1 Å². The van der Waals surface area contributed by atoms with Crippen LogP contribution >= 0.6 is 11.3 Å². The first-order valence-electron chi connectivity index (χ1n) is 7.51. The zero-order chi connectivity index (χ0) is 15.8. The van der Waals surface area contributed by atoms with Crippen molar-refractivity contribution in [1.82, 2.24) is 14.6 Å². The monoisotopic (exact) mass is 328 g/mol. The first kappa shape index (κ1) is 14.3. The molecule has 2 unspecified atom stereocenters. The minimum absolute atomic E-state index is 0.00311. The highest BCUT2D eigenvalue weighted by molar-refractivity contribution is 7.20. The van der Waals surface area contributed by atoms with Crippen molar-refractivity contribution in [2.24, 2.45) is 0 Å². The van der Waals surface area contributed by atoms with Gasteiger partial charge in [-0.2, -0.15) is 4.52 Å². The van der Waals surface area contributed by atoms with Gasteiger partial charge in [-0.15, -0.1) is 5.10 Å². The molecule has 1 aliphatic rings. The lowest BCUT2D eigenvalue weighted by Crippen LogP contribution is -2.43.